The highest BCUT2D eigenvalue weighted by molar-refractivity contribution is 5.82. The van der Waals surface area contributed by atoms with Gasteiger partial charge in [-0.3, -0.25) is 9.67 Å². The van der Waals surface area contributed by atoms with E-state index in [1.807, 2.05) is 29.1 Å². The van der Waals surface area contributed by atoms with Gasteiger partial charge in [0, 0.05) is 36.8 Å². The first-order valence-corrected chi connectivity index (χ1v) is 7.31. The van der Waals surface area contributed by atoms with Gasteiger partial charge in [-0.1, -0.05) is 18.2 Å². The molecule has 1 aromatic carbocycles. The summed E-state index contributed by atoms with van der Waals surface area (Å²) in [6, 6.07) is 10.2. The fraction of sp³-hybridized carbons (Fsp3) is 0.294. The van der Waals surface area contributed by atoms with Crippen molar-refractivity contribution in [2.45, 2.75) is 32.9 Å². The summed E-state index contributed by atoms with van der Waals surface area (Å²) < 4.78 is 2.04. The summed E-state index contributed by atoms with van der Waals surface area (Å²) >= 11 is 0. The molecule has 0 bridgehead atoms. The van der Waals surface area contributed by atoms with E-state index in [4.69, 9.17) is 10.8 Å². The number of aryl methyl sites for hydroxylation is 2. The summed E-state index contributed by atoms with van der Waals surface area (Å²) in [6.07, 6.45) is 4.38. The fourth-order valence-corrected chi connectivity index (χ4v) is 2.77. The number of fused-ring (bicyclic) bond motifs is 1. The van der Waals surface area contributed by atoms with Crippen LogP contribution in [0.2, 0.25) is 0 Å². The van der Waals surface area contributed by atoms with Crippen LogP contribution in [0.5, 0.6) is 0 Å². The van der Waals surface area contributed by atoms with Gasteiger partial charge >= 0.3 is 0 Å². The van der Waals surface area contributed by atoms with Crippen LogP contribution in [0.15, 0.2) is 42.7 Å². The van der Waals surface area contributed by atoms with E-state index in [0.717, 1.165) is 24.2 Å². The Morgan fingerprint density at radius 3 is 2.81 bits per heavy atom. The van der Waals surface area contributed by atoms with Crippen LogP contribution in [-0.2, 0) is 13.0 Å². The van der Waals surface area contributed by atoms with E-state index in [-0.39, 0.29) is 6.04 Å². The lowest BCUT2D eigenvalue weighted by Gasteiger charge is -2.12. The first kappa shape index (κ1) is 13.8. The molecule has 21 heavy (non-hydrogen) atoms. The molecule has 3 aromatic rings. The molecule has 1 atom stereocenters. The van der Waals surface area contributed by atoms with Crippen molar-refractivity contribution in [3.05, 3.63) is 59.5 Å². The smallest absolute Gasteiger partial charge is 0.0722 e. The Balaban J connectivity index is 1.97. The van der Waals surface area contributed by atoms with Crippen molar-refractivity contribution in [1.82, 2.24) is 14.8 Å². The third-order valence-corrected chi connectivity index (χ3v) is 3.93. The van der Waals surface area contributed by atoms with Gasteiger partial charge in [0.2, 0.25) is 0 Å². The number of nitrogens with two attached hydrogens (primary N) is 1. The molecule has 0 aliphatic carbocycles. The summed E-state index contributed by atoms with van der Waals surface area (Å²) in [5.74, 6) is 0. The second-order valence-corrected chi connectivity index (χ2v) is 5.32. The molecule has 0 saturated carbocycles. The van der Waals surface area contributed by atoms with Crippen LogP contribution in [0, 0.1) is 6.92 Å². The molecule has 0 fully saturated rings. The molecule has 2 aromatic heterocycles. The van der Waals surface area contributed by atoms with E-state index >= 15 is 0 Å². The molecule has 0 spiro atoms. The Morgan fingerprint density at radius 2 is 2.05 bits per heavy atom. The molecule has 2 heterocycles. The SMILES string of the molecule is CCn1nc(CC(N)c2cnccc2C)c2ccccc21. The molecule has 4 nitrogen and oxygen atoms in total. The largest absolute Gasteiger partial charge is 0.324 e. The van der Waals surface area contributed by atoms with E-state index in [1.165, 1.54) is 16.5 Å². The summed E-state index contributed by atoms with van der Waals surface area (Å²) in [6.45, 7) is 5.04. The molecule has 1 unspecified atom stereocenters. The van der Waals surface area contributed by atoms with Gasteiger partial charge in [-0.25, -0.2) is 0 Å². The van der Waals surface area contributed by atoms with E-state index in [1.54, 1.807) is 6.20 Å². The number of pyridine rings is 1. The molecule has 4 heteroatoms. The minimum atomic E-state index is -0.0812. The van der Waals surface area contributed by atoms with Crippen molar-refractivity contribution < 1.29 is 0 Å². The number of hydrogen-bond acceptors (Lipinski definition) is 3. The second kappa shape index (κ2) is 5.66. The van der Waals surface area contributed by atoms with Crippen molar-refractivity contribution in [3.8, 4) is 0 Å². The van der Waals surface area contributed by atoms with Crippen LogP contribution < -0.4 is 5.73 Å². The average Bonchev–Trinajstić information content (AvgIpc) is 2.86. The molecular weight excluding hydrogens is 260 g/mol. The Labute approximate surface area is 124 Å². The van der Waals surface area contributed by atoms with Crippen LogP contribution in [0.25, 0.3) is 10.9 Å². The number of nitrogens with zero attached hydrogens (tertiary/aromatic N) is 3. The highest BCUT2D eigenvalue weighted by Gasteiger charge is 2.15. The van der Waals surface area contributed by atoms with E-state index in [2.05, 4.69) is 31.0 Å². The van der Waals surface area contributed by atoms with Crippen LogP contribution in [0.4, 0.5) is 0 Å². The van der Waals surface area contributed by atoms with Gasteiger partial charge in [0.15, 0.2) is 0 Å². The normalized spacial score (nSPS) is 12.7. The number of rotatable bonds is 4. The van der Waals surface area contributed by atoms with E-state index in [9.17, 15) is 0 Å². The molecule has 0 radical (unpaired) electrons. The monoisotopic (exact) mass is 280 g/mol. The Morgan fingerprint density at radius 1 is 1.24 bits per heavy atom. The van der Waals surface area contributed by atoms with Crippen LogP contribution in [0.3, 0.4) is 0 Å². The minimum Gasteiger partial charge on any atom is -0.324 e. The molecule has 0 amide bonds. The average molecular weight is 280 g/mol. The van der Waals surface area contributed by atoms with Gasteiger partial charge in [-0.15, -0.1) is 0 Å². The molecule has 2 N–H and O–H groups in total. The summed E-state index contributed by atoms with van der Waals surface area (Å²) in [4.78, 5) is 4.19. The maximum Gasteiger partial charge on any atom is 0.0722 e. The Hall–Kier alpha value is -2.20. The van der Waals surface area contributed by atoms with Crippen molar-refractivity contribution in [2.75, 3.05) is 0 Å². The molecule has 0 saturated heterocycles. The molecule has 0 aliphatic heterocycles. The Kier molecular flexibility index (Phi) is 3.71. The lowest BCUT2D eigenvalue weighted by molar-refractivity contribution is 0.639. The minimum absolute atomic E-state index is 0.0812. The van der Waals surface area contributed by atoms with Gasteiger partial charge < -0.3 is 5.73 Å². The zero-order chi connectivity index (χ0) is 14.8. The quantitative estimate of drug-likeness (QED) is 0.799. The predicted molar refractivity (Wildman–Crippen MR) is 85.0 cm³/mol. The van der Waals surface area contributed by atoms with Gasteiger partial charge in [-0.2, -0.15) is 5.10 Å². The lowest BCUT2D eigenvalue weighted by atomic mass is 9.99. The Bertz CT molecular complexity index is 760. The zero-order valence-electron chi connectivity index (χ0n) is 12.5. The van der Waals surface area contributed by atoms with E-state index < -0.39 is 0 Å². The lowest BCUT2D eigenvalue weighted by Crippen LogP contribution is -2.15. The van der Waals surface area contributed by atoms with E-state index in [0.29, 0.717) is 0 Å². The summed E-state index contributed by atoms with van der Waals surface area (Å²) in [5.41, 5.74) is 10.9. The van der Waals surface area contributed by atoms with Crippen molar-refractivity contribution in [2.24, 2.45) is 5.73 Å². The van der Waals surface area contributed by atoms with Gasteiger partial charge in [0.05, 0.1) is 11.2 Å². The highest BCUT2D eigenvalue weighted by Crippen LogP contribution is 2.24. The number of para-hydroxylation sites is 1. The van der Waals surface area contributed by atoms with Gasteiger partial charge in [0.25, 0.3) is 0 Å². The second-order valence-electron chi connectivity index (χ2n) is 5.32. The standard InChI is InChI=1S/C17H20N4/c1-3-21-17-7-5-4-6-13(17)16(20-21)10-15(18)14-11-19-9-8-12(14)2/h4-9,11,15H,3,10,18H2,1-2H3. The fourth-order valence-electron chi connectivity index (χ4n) is 2.77. The van der Waals surface area contributed by atoms with Crippen LogP contribution in [-0.4, -0.2) is 14.8 Å². The first-order chi connectivity index (χ1) is 10.2. The maximum absolute atomic E-state index is 6.38. The van der Waals surface area contributed by atoms with Crippen molar-refractivity contribution >= 4 is 10.9 Å². The molecular formula is C17H20N4. The predicted octanol–water partition coefficient (Wildman–Crippen LogP) is 3.00. The van der Waals surface area contributed by atoms with Gasteiger partial charge in [-0.05, 0) is 37.1 Å². The molecule has 3 rings (SSSR count). The summed E-state index contributed by atoms with van der Waals surface area (Å²) in [5, 5.41) is 5.91. The van der Waals surface area contributed by atoms with Crippen LogP contribution >= 0.6 is 0 Å². The summed E-state index contributed by atoms with van der Waals surface area (Å²) in [7, 11) is 0. The molecule has 108 valence electrons. The third kappa shape index (κ3) is 2.54. The highest BCUT2D eigenvalue weighted by atomic mass is 15.3. The van der Waals surface area contributed by atoms with Gasteiger partial charge in [0.1, 0.15) is 0 Å². The topological polar surface area (TPSA) is 56.7 Å². The number of hydrogen-bond donors (Lipinski definition) is 1. The molecule has 0 aliphatic rings. The van der Waals surface area contributed by atoms with Crippen LogP contribution in [0.1, 0.15) is 29.8 Å². The number of benzene rings is 1. The van der Waals surface area contributed by atoms with Crippen molar-refractivity contribution in [1.29, 1.82) is 0 Å². The maximum atomic E-state index is 6.38. The zero-order valence-corrected chi connectivity index (χ0v) is 12.5. The first-order valence-electron chi connectivity index (χ1n) is 7.31. The van der Waals surface area contributed by atoms with Crippen molar-refractivity contribution in [3.63, 3.8) is 0 Å². The number of aromatic nitrogens is 3. The third-order valence-electron chi connectivity index (χ3n) is 3.93.